The molecule has 0 bridgehead atoms. The Kier molecular flexibility index (Phi) is 3.43. The maximum absolute atomic E-state index is 10.7. The first-order valence-electron chi connectivity index (χ1n) is 5.19. The molecule has 1 unspecified atom stereocenters. The number of non-ortho nitro benzene ring substituents is 1. The summed E-state index contributed by atoms with van der Waals surface area (Å²) in [7, 11) is 0. The van der Waals surface area contributed by atoms with Crippen molar-refractivity contribution in [3.05, 3.63) is 33.9 Å². The molecule has 5 heteroatoms. The van der Waals surface area contributed by atoms with Gasteiger partial charge >= 0.3 is 0 Å². The van der Waals surface area contributed by atoms with Crippen molar-refractivity contribution in [2.45, 2.75) is 18.8 Å². The number of rotatable bonds is 3. The second-order valence-corrected chi connectivity index (χ2v) is 4.58. The number of nitrogens with zero attached hydrogens (tertiary/aromatic N) is 1. The lowest BCUT2D eigenvalue weighted by Crippen LogP contribution is -2.14. The molecular formula is C11H12BrNO3. The summed E-state index contributed by atoms with van der Waals surface area (Å²) in [6.07, 6.45) is 1.91. The normalized spacial score (nSPS) is 18.7. The van der Waals surface area contributed by atoms with Gasteiger partial charge < -0.3 is 4.74 Å². The van der Waals surface area contributed by atoms with Crippen LogP contribution in [0.4, 0.5) is 5.69 Å². The molecule has 0 spiro atoms. The zero-order chi connectivity index (χ0) is 11.5. The van der Waals surface area contributed by atoms with Crippen molar-refractivity contribution < 1.29 is 9.66 Å². The quantitative estimate of drug-likeness (QED) is 0.487. The van der Waals surface area contributed by atoms with Crippen LogP contribution in [0, 0.1) is 10.1 Å². The first-order chi connectivity index (χ1) is 7.72. The van der Waals surface area contributed by atoms with Crippen molar-refractivity contribution in [2.75, 3.05) is 11.9 Å². The summed E-state index contributed by atoms with van der Waals surface area (Å²) in [4.78, 5) is 10.3. The van der Waals surface area contributed by atoms with Gasteiger partial charge in [-0.1, -0.05) is 15.9 Å². The summed E-state index contributed by atoms with van der Waals surface area (Å²) >= 11 is 3.41. The molecule has 1 heterocycles. The van der Waals surface area contributed by atoms with Crippen LogP contribution in [0.5, 0.6) is 5.75 Å². The number of hydrogen-bond acceptors (Lipinski definition) is 3. The Morgan fingerprint density at radius 2 is 2.38 bits per heavy atom. The zero-order valence-corrected chi connectivity index (χ0v) is 10.3. The molecule has 2 rings (SSSR count). The minimum Gasteiger partial charge on any atom is -0.493 e. The van der Waals surface area contributed by atoms with Gasteiger partial charge in [-0.3, -0.25) is 10.1 Å². The maximum Gasteiger partial charge on any atom is 0.269 e. The molecule has 0 saturated heterocycles. The Labute approximate surface area is 102 Å². The lowest BCUT2D eigenvalue weighted by molar-refractivity contribution is -0.385. The van der Waals surface area contributed by atoms with Gasteiger partial charge in [0.25, 0.3) is 5.69 Å². The van der Waals surface area contributed by atoms with Gasteiger partial charge in [0.1, 0.15) is 5.75 Å². The van der Waals surface area contributed by atoms with Gasteiger partial charge in [-0.05, 0) is 24.8 Å². The van der Waals surface area contributed by atoms with Crippen LogP contribution in [-0.4, -0.2) is 16.9 Å². The van der Waals surface area contributed by atoms with E-state index in [-0.39, 0.29) is 10.6 Å². The molecule has 0 radical (unpaired) electrons. The highest BCUT2D eigenvalue weighted by atomic mass is 79.9. The summed E-state index contributed by atoms with van der Waals surface area (Å²) in [5.41, 5.74) is 1.11. The number of fused-ring (bicyclic) bond motifs is 1. The summed E-state index contributed by atoms with van der Waals surface area (Å²) in [6, 6.07) is 4.84. The Balaban J connectivity index is 2.36. The fraction of sp³-hybridized carbons (Fsp3) is 0.455. The van der Waals surface area contributed by atoms with Crippen molar-refractivity contribution in [1.29, 1.82) is 0 Å². The standard InChI is InChI=1S/C11H12BrNO3/c12-5-3-8-4-6-16-11-2-1-9(13(14)15)7-10(8)11/h1-2,7-8H,3-6H2. The average molecular weight is 286 g/mol. The Hall–Kier alpha value is -1.10. The van der Waals surface area contributed by atoms with E-state index in [2.05, 4.69) is 15.9 Å². The topological polar surface area (TPSA) is 52.4 Å². The van der Waals surface area contributed by atoms with E-state index in [1.165, 1.54) is 6.07 Å². The fourth-order valence-electron chi connectivity index (χ4n) is 2.00. The second kappa shape index (κ2) is 4.82. The third kappa shape index (κ3) is 2.19. The van der Waals surface area contributed by atoms with E-state index in [0.717, 1.165) is 29.5 Å². The summed E-state index contributed by atoms with van der Waals surface area (Å²) in [5.74, 6) is 1.16. The molecule has 1 aliphatic rings. The van der Waals surface area contributed by atoms with E-state index in [0.29, 0.717) is 12.5 Å². The summed E-state index contributed by atoms with van der Waals surface area (Å²) < 4.78 is 5.50. The highest BCUT2D eigenvalue weighted by Gasteiger charge is 2.23. The number of ether oxygens (including phenoxy) is 1. The predicted octanol–water partition coefficient (Wildman–Crippen LogP) is 3.25. The van der Waals surface area contributed by atoms with Gasteiger partial charge in [0.05, 0.1) is 11.5 Å². The maximum atomic E-state index is 10.7. The molecule has 0 saturated carbocycles. The van der Waals surface area contributed by atoms with Gasteiger partial charge in [0.15, 0.2) is 0 Å². The third-order valence-corrected chi connectivity index (χ3v) is 3.28. The molecule has 16 heavy (non-hydrogen) atoms. The molecule has 1 aromatic carbocycles. The molecular weight excluding hydrogens is 274 g/mol. The fourth-order valence-corrected chi connectivity index (χ4v) is 2.55. The zero-order valence-electron chi connectivity index (χ0n) is 8.69. The van der Waals surface area contributed by atoms with Crippen molar-refractivity contribution in [3.8, 4) is 5.75 Å². The van der Waals surface area contributed by atoms with Crippen LogP contribution in [0.25, 0.3) is 0 Å². The molecule has 1 atom stereocenters. The lowest BCUT2D eigenvalue weighted by atomic mass is 9.91. The van der Waals surface area contributed by atoms with Crippen molar-refractivity contribution >= 4 is 21.6 Å². The monoisotopic (exact) mass is 285 g/mol. The number of nitro benzene ring substituents is 1. The van der Waals surface area contributed by atoms with Gasteiger partial charge in [0, 0.05) is 23.0 Å². The molecule has 1 aliphatic heterocycles. The Bertz CT molecular complexity index is 408. The molecule has 0 aliphatic carbocycles. The molecule has 1 aromatic rings. The van der Waals surface area contributed by atoms with Crippen molar-refractivity contribution in [3.63, 3.8) is 0 Å². The molecule has 0 amide bonds. The van der Waals surface area contributed by atoms with E-state index < -0.39 is 0 Å². The SMILES string of the molecule is O=[N+]([O-])c1ccc2c(c1)C(CCBr)CCO2. The number of halogens is 1. The first-order valence-corrected chi connectivity index (χ1v) is 6.31. The smallest absolute Gasteiger partial charge is 0.269 e. The average Bonchev–Trinajstić information content (AvgIpc) is 2.29. The lowest BCUT2D eigenvalue weighted by Gasteiger charge is -2.25. The Morgan fingerprint density at radius 1 is 1.56 bits per heavy atom. The van der Waals surface area contributed by atoms with Gasteiger partial charge in [-0.2, -0.15) is 0 Å². The number of nitro groups is 1. The molecule has 86 valence electrons. The van der Waals surface area contributed by atoms with Crippen molar-refractivity contribution in [1.82, 2.24) is 0 Å². The minimum atomic E-state index is -0.361. The van der Waals surface area contributed by atoms with Crippen LogP contribution in [0.15, 0.2) is 18.2 Å². The summed E-state index contributed by atoms with van der Waals surface area (Å²) in [6.45, 7) is 0.697. The molecule has 0 fully saturated rings. The number of benzene rings is 1. The van der Waals surface area contributed by atoms with Crippen LogP contribution < -0.4 is 4.74 Å². The predicted molar refractivity (Wildman–Crippen MR) is 64.4 cm³/mol. The number of alkyl halides is 1. The van der Waals surface area contributed by atoms with Crippen LogP contribution in [-0.2, 0) is 0 Å². The van der Waals surface area contributed by atoms with E-state index in [1.807, 2.05) is 0 Å². The van der Waals surface area contributed by atoms with E-state index in [9.17, 15) is 10.1 Å². The molecule has 0 aromatic heterocycles. The van der Waals surface area contributed by atoms with Crippen molar-refractivity contribution in [2.24, 2.45) is 0 Å². The molecule has 4 nitrogen and oxygen atoms in total. The van der Waals surface area contributed by atoms with Gasteiger partial charge in [-0.15, -0.1) is 0 Å². The highest BCUT2D eigenvalue weighted by molar-refractivity contribution is 9.09. The minimum absolute atomic E-state index is 0.142. The number of hydrogen-bond donors (Lipinski definition) is 0. The van der Waals surface area contributed by atoms with Gasteiger partial charge in [-0.25, -0.2) is 0 Å². The van der Waals surface area contributed by atoms with E-state index >= 15 is 0 Å². The summed E-state index contributed by atoms with van der Waals surface area (Å²) in [5, 5.41) is 11.6. The van der Waals surface area contributed by atoms with Gasteiger partial charge in [0.2, 0.25) is 0 Å². The highest BCUT2D eigenvalue weighted by Crippen LogP contribution is 2.38. The van der Waals surface area contributed by atoms with Crippen LogP contribution in [0.1, 0.15) is 24.3 Å². The van der Waals surface area contributed by atoms with E-state index in [4.69, 9.17) is 4.74 Å². The second-order valence-electron chi connectivity index (χ2n) is 3.79. The van der Waals surface area contributed by atoms with E-state index in [1.54, 1.807) is 12.1 Å². The van der Waals surface area contributed by atoms with Crippen LogP contribution in [0.3, 0.4) is 0 Å². The first kappa shape index (κ1) is 11.4. The Morgan fingerprint density at radius 3 is 3.06 bits per heavy atom. The third-order valence-electron chi connectivity index (χ3n) is 2.83. The van der Waals surface area contributed by atoms with Crippen LogP contribution in [0.2, 0.25) is 0 Å². The van der Waals surface area contributed by atoms with Crippen LogP contribution >= 0.6 is 15.9 Å². The largest absolute Gasteiger partial charge is 0.493 e. The molecule has 0 N–H and O–H groups in total.